The Labute approximate surface area is 266 Å². The number of benzene rings is 4. The highest BCUT2D eigenvalue weighted by Gasteiger charge is 2.19. The zero-order valence-electron chi connectivity index (χ0n) is 25.2. The number of para-hydroxylation sites is 2. The topological polar surface area (TPSA) is 74.9 Å². The maximum absolute atomic E-state index is 13.9. The Kier molecular flexibility index (Phi) is 9.57. The number of aryl methyl sites for hydroxylation is 1. The van der Waals surface area contributed by atoms with Gasteiger partial charge in [0.2, 0.25) is 0 Å². The Balaban J connectivity index is 1.64. The van der Waals surface area contributed by atoms with Gasteiger partial charge in [-0.15, -0.1) is 0 Å². The van der Waals surface area contributed by atoms with Crippen molar-refractivity contribution in [1.29, 1.82) is 0 Å². The van der Waals surface area contributed by atoms with Crippen molar-refractivity contribution < 1.29 is 14.2 Å². The monoisotopic (exact) mass is 629 g/mol. The molecule has 1 heterocycles. The van der Waals surface area contributed by atoms with Crippen LogP contribution in [0.15, 0.2) is 82.7 Å². The second-order valence-electron chi connectivity index (χ2n) is 10.5. The molecule has 0 N–H and O–H groups in total. The van der Waals surface area contributed by atoms with Crippen LogP contribution in [-0.4, -0.2) is 29.6 Å². The molecule has 0 fully saturated rings. The van der Waals surface area contributed by atoms with Crippen LogP contribution >= 0.6 is 23.2 Å². The number of hydrogen-bond acceptors (Lipinski definition) is 6. The van der Waals surface area contributed by atoms with Gasteiger partial charge in [0.25, 0.3) is 5.56 Å². The molecule has 0 saturated carbocycles. The second-order valence-corrected chi connectivity index (χ2v) is 11.4. The summed E-state index contributed by atoms with van der Waals surface area (Å²) in [4.78, 5) is 18.9. The molecular formula is C35H33Cl2N3O4. The van der Waals surface area contributed by atoms with Crippen molar-refractivity contribution in [2.45, 2.75) is 40.2 Å². The van der Waals surface area contributed by atoms with E-state index in [4.69, 9.17) is 47.5 Å². The van der Waals surface area contributed by atoms with Crippen molar-refractivity contribution in [2.24, 2.45) is 5.10 Å². The first-order valence-corrected chi connectivity index (χ1v) is 15.0. The van der Waals surface area contributed by atoms with E-state index in [-0.39, 0.29) is 18.1 Å². The van der Waals surface area contributed by atoms with E-state index in [1.165, 1.54) is 4.68 Å². The largest absolute Gasteiger partial charge is 0.494 e. The number of methoxy groups -OCH3 is 1. The third-order valence-corrected chi connectivity index (χ3v) is 7.79. The van der Waals surface area contributed by atoms with Gasteiger partial charge >= 0.3 is 0 Å². The summed E-state index contributed by atoms with van der Waals surface area (Å²) >= 11 is 12.5. The number of aromatic nitrogens is 2. The van der Waals surface area contributed by atoms with Crippen LogP contribution in [0.1, 0.15) is 48.9 Å². The number of rotatable bonds is 10. The number of halogens is 2. The van der Waals surface area contributed by atoms with Crippen LogP contribution in [0.4, 0.5) is 0 Å². The van der Waals surface area contributed by atoms with E-state index in [0.717, 1.165) is 28.0 Å². The lowest BCUT2D eigenvalue weighted by Crippen LogP contribution is -2.21. The highest BCUT2D eigenvalue weighted by atomic mass is 35.5. The molecule has 0 unspecified atom stereocenters. The van der Waals surface area contributed by atoms with E-state index in [1.54, 1.807) is 37.6 Å². The molecule has 0 saturated heterocycles. The van der Waals surface area contributed by atoms with Crippen LogP contribution in [0.25, 0.3) is 22.3 Å². The minimum absolute atomic E-state index is 0.170. The molecule has 0 bridgehead atoms. The zero-order chi connectivity index (χ0) is 31.4. The van der Waals surface area contributed by atoms with Crippen molar-refractivity contribution in [3.05, 3.63) is 115 Å². The molecule has 0 aliphatic carbocycles. The van der Waals surface area contributed by atoms with Crippen LogP contribution in [0.2, 0.25) is 10.0 Å². The average Bonchev–Trinajstić information content (AvgIpc) is 3.00. The molecule has 5 aromatic rings. The molecule has 44 heavy (non-hydrogen) atoms. The molecule has 5 rings (SSSR count). The molecule has 0 amide bonds. The van der Waals surface area contributed by atoms with Gasteiger partial charge in [-0.2, -0.15) is 9.78 Å². The third kappa shape index (κ3) is 6.44. The summed E-state index contributed by atoms with van der Waals surface area (Å²) in [5.74, 6) is 2.39. The van der Waals surface area contributed by atoms with Crippen molar-refractivity contribution in [3.8, 4) is 28.6 Å². The standard InChI is InChI=1S/C35H33Cl2N3O4/c1-6-43-32-16-22(4)28(18-27(32)21(2)3)34-39-30-12-8-7-11-26(30)35(41)40(34)38-19-23-10-9-13-31(42-5)33(23)44-20-24-14-15-25(36)17-29(24)37/h7-19,21H,6,20H2,1-5H3. The van der Waals surface area contributed by atoms with Crippen molar-refractivity contribution in [1.82, 2.24) is 9.66 Å². The first kappa shape index (κ1) is 31.1. The molecule has 226 valence electrons. The van der Waals surface area contributed by atoms with Gasteiger partial charge in [-0.25, -0.2) is 4.98 Å². The van der Waals surface area contributed by atoms with Gasteiger partial charge in [0.15, 0.2) is 17.3 Å². The summed E-state index contributed by atoms with van der Waals surface area (Å²) in [6.07, 6.45) is 1.58. The van der Waals surface area contributed by atoms with Gasteiger partial charge in [-0.05, 0) is 79.4 Å². The molecule has 0 spiro atoms. The van der Waals surface area contributed by atoms with Gasteiger partial charge in [0, 0.05) is 26.7 Å². The molecule has 0 radical (unpaired) electrons. The van der Waals surface area contributed by atoms with Gasteiger partial charge in [-0.3, -0.25) is 4.79 Å². The van der Waals surface area contributed by atoms with E-state index in [2.05, 4.69) is 13.8 Å². The maximum atomic E-state index is 13.9. The first-order chi connectivity index (χ1) is 21.2. The summed E-state index contributed by atoms with van der Waals surface area (Å²) in [7, 11) is 1.56. The minimum atomic E-state index is -0.292. The molecular weight excluding hydrogens is 597 g/mol. The Morgan fingerprint density at radius 2 is 1.77 bits per heavy atom. The fourth-order valence-corrected chi connectivity index (χ4v) is 5.40. The fraction of sp³-hybridized carbons (Fsp3) is 0.229. The van der Waals surface area contributed by atoms with E-state index in [0.29, 0.717) is 50.4 Å². The Bertz CT molecular complexity index is 1920. The van der Waals surface area contributed by atoms with Crippen LogP contribution in [-0.2, 0) is 6.61 Å². The van der Waals surface area contributed by atoms with Gasteiger partial charge in [0.05, 0.1) is 30.8 Å². The average molecular weight is 631 g/mol. The van der Waals surface area contributed by atoms with E-state index < -0.39 is 0 Å². The van der Waals surface area contributed by atoms with Gasteiger partial charge < -0.3 is 14.2 Å². The molecule has 0 atom stereocenters. The number of nitrogens with zero attached hydrogens (tertiary/aromatic N) is 3. The van der Waals surface area contributed by atoms with Crippen LogP contribution in [0.5, 0.6) is 17.2 Å². The number of hydrogen-bond donors (Lipinski definition) is 0. The summed E-state index contributed by atoms with van der Waals surface area (Å²) in [6, 6.07) is 22.0. The van der Waals surface area contributed by atoms with E-state index in [1.807, 2.05) is 62.4 Å². The highest BCUT2D eigenvalue weighted by molar-refractivity contribution is 6.35. The summed E-state index contributed by atoms with van der Waals surface area (Å²) < 4.78 is 19.1. The molecule has 9 heteroatoms. The predicted octanol–water partition coefficient (Wildman–Crippen LogP) is 8.67. The molecule has 0 aliphatic rings. The van der Waals surface area contributed by atoms with Crippen molar-refractivity contribution >= 4 is 40.3 Å². The fourth-order valence-electron chi connectivity index (χ4n) is 4.93. The van der Waals surface area contributed by atoms with E-state index in [9.17, 15) is 4.79 Å². The first-order valence-electron chi connectivity index (χ1n) is 14.3. The smallest absolute Gasteiger partial charge is 0.282 e. The molecule has 4 aromatic carbocycles. The SMILES string of the molecule is CCOc1cc(C)c(-c2nc3ccccc3c(=O)n2N=Cc2cccc(OC)c2OCc2ccc(Cl)cc2Cl)cc1C(C)C. The lowest BCUT2D eigenvalue weighted by atomic mass is 9.96. The number of ether oxygens (including phenoxy) is 3. The normalized spacial score (nSPS) is 11.5. The quantitative estimate of drug-likeness (QED) is 0.144. The third-order valence-electron chi connectivity index (χ3n) is 7.20. The van der Waals surface area contributed by atoms with Crippen LogP contribution in [0.3, 0.4) is 0 Å². The number of fused-ring (bicyclic) bond motifs is 1. The molecule has 1 aromatic heterocycles. The summed E-state index contributed by atoms with van der Waals surface area (Å²) in [6.45, 7) is 8.88. The van der Waals surface area contributed by atoms with E-state index >= 15 is 0 Å². The minimum Gasteiger partial charge on any atom is -0.494 e. The lowest BCUT2D eigenvalue weighted by Gasteiger charge is -2.18. The Hall–Kier alpha value is -4.33. The van der Waals surface area contributed by atoms with Crippen molar-refractivity contribution in [3.63, 3.8) is 0 Å². The van der Waals surface area contributed by atoms with Crippen LogP contribution in [0, 0.1) is 6.92 Å². The highest BCUT2D eigenvalue weighted by Crippen LogP contribution is 2.35. The van der Waals surface area contributed by atoms with Crippen LogP contribution < -0.4 is 19.8 Å². The lowest BCUT2D eigenvalue weighted by molar-refractivity contribution is 0.284. The predicted molar refractivity (Wildman–Crippen MR) is 178 cm³/mol. The van der Waals surface area contributed by atoms with Crippen molar-refractivity contribution in [2.75, 3.05) is 13.7 Å². The Morgan fingerprint density at radius 1 is 0.977 bits per heavy atom. The second kappa shape index (κ2) is 13.5. The van der Waals surface area contributed by atoms with Gasteiger partial charge in [-0.1, -0.05) is 61.3 Å². The molecule has 7 nitrogen and oxygen atoms in total. The summed E-state index contributed by atoms with van der Waals surface area (Å²) in [5.41, 5.74) is 4.38. The zero-order valence-corrected chi connectivity index (χ0v) is 26.7. The Morgan fingerprint density at radius 3 is 2.50 bits per heavy atom. The molecule has 0 aliphatic heterocycles. The summed E-state index contributed by atoms with van der Waals surface area (Å²) in [5, 5.41) is 6.19. The van der Waals surface area contributed by atoms with Gasteiger partial charge in [0.1, 0.15) is 12.4 Å². The maximum Gasteiger partial charge on any atom is 0.282 e.